The number of nitrogens with zero attached hydrogens (tertiary/aromatic N) is 1. The summed E-state index contributed by atoms with van der Waals surface area (Å²) in [6, 6.07) is 2.55. The second kappa shape index (κ2) is 6.10. The van der Waals surface area contributed by atoms with Gasteiger partial charge in [-0.15, -0.1) is 11.8 Å². The molecule has 8 atom stereocenters. The van der Waals surface area contributed by atoms with Gasteiger partial charge in [-0.2, -0.15) is 0 Å². The van der Waals surface area contributed by atoms with E-state index in [9.17, 15) is 24.3 Å². The normalized spacial score (nSPS) is 37.2. The zero-order valence-corrected chi connectivity index (χ0v) is 17.4. The van der Waals surface area contributed by atoms with Crippen LogP contribution in [0.5, 0.6) is 0 Å². The van der Waals surface area contributed by atoms with Gasteiger partial charge in [-0.25, -0.2) is 4.79 Å². The fourth-order valence-electron chi connectivity index (χ4n) is 6.32. The summed E-state index contributed by atoms with van der Waals surface area (Å²) in [5, 5.41) is 10.3. The Morgan fingerprint density at radius 2 is 2.00 bits per heavy atom. The zero-order valence-electron chi connectivity index (χ0n) is 15.8. The van der Waals surface area contributed by atoms with Crippen LogP contribution < -0.4 is 4.87 Å². The highest BCUT2D eigenvalue weighted by Gasteiger charge is 2.70. The van der Waals surface area contributed by atoms with Gasteiger partial charge < -0.3 is 14.5 Å². The molecule has 2 aromatic heterocycles. The second-order valence-corrected chi connectivity index (χ2v) is 10.7. The van der Waals surface area contributed by atoms with Crippen LogP contribution in [0, 0.1) is 29.6 Å². The Hall–Kier alpha value is -2.33. The molecule has 0 radical (unpaired) electrons. The molecule has 2 aromatic rings. The van der Waals surface area contributed by atoms with Gasteiger partial charge in [0.2, 0.25) is 11.8 Å². The highest BCUT2D eigenvalue weighted by atomic mass is 32.2. The molecule has 0 unspecified atom stereocenters. The van der Waals surface area contributed by atoms with E-state index in [2.05, 4.69) is 4.98 Å². The number of hydrogen-bond donors (Lipinski definition) is 2. The monoisotopic (exact) mass is 446 g/mol. The number of likely N-dealkylation sites (tertiary alicyclic amines) is 1. The van der Waals surface area contributed by atoms with Crippen LogP contribution in [0.15, 0.2) is 32.6 Å². The van der Waals surface area contributed by atoms with Gasteiger partial charge >= 0.3 is 10.8 Å². The largest absolute Gasteiger partial charge is 0.480 e. The molecule has 4 heterocycles. The lowest BCUT2D eigenvalue weighted by atomic mass is 9.69. The highest BCUT2D eigenvalue weighted by molar-refractivity contribution is 8.00. The summed E-state index contributed by atoms with van der Waals surface area (Å²) in [5.74, 6) is -2.23. The average molecular weight is 447 g/mol. The molecule has 4 aliphatic rings. The first-order valence-corrected chi connectivity index (χ1v) is 11.6. The first kappa shape index (κ1) is 18.4. The summed E-state index contributed by atoms with van der Waals surface area (Å²) >= 11 is 2.77. The Labute approximate surface area is 178 Å². The van der Waals surface area contributed by atoms with Crippen LogP contribution in [0.1, 0.15) is 29.9 Å². The highest BCUT2D eigenvalue weighted by Crippen LogP contribution is 2.68. The van der Waals surface area contributed by atoms with Crippen molar-refractivity contribution in [3.63, 3.8) is 0 Å². The first-order chi connectivity index (χ1) is 14.4. The van der Waals surface area contributed by atoms with Gasteiger partial charge in [0.1, 0.15) is 11.8 Å². The fraction of sp³-hybridized carbons (Fsp3) is 0.500. The summed E-state index contributed by atoms with van der Waals surface area (Å²) in [5.41, 5.74) is 0. The molecule has 6 rings (SSSR count). The van der Waals surface area contributed by atoms with Crippen LogP contribution in [0.4, 0.5) is 0 Å². The lowest BCUT2D eigenvalue weighted by Gasteiger charge is -2.42. The lowest BCUT2D eigenvalue weighted by Crippen LogP contribution is -2.44. The van der Waals surface area contributed by atoms with E-state index in [0.717, 1.165) is 27.0 Å². The molecule has 2 saturated carbocycles. The number of aromatic nitrogens is 1. The Morgan fingerprint density at radius 3 is 2.67 bits per heavy atom. The van der Waals surface area contributed by atoms with Crippen molar-refractivity contribution in [3.05, 3.63) is 38.7 Å². The number of furan rings is 1. The van der Waals surface area contributed by atoms with Crippen LogP contribution in [-0.2, 0) is 14.4 Å². The maximum absolute atomic E-state index is 13.2. The number of H-pyrrole nitrogens is 1. The summed E-state index contributed by atoms with van der Waals surface area (Å²) < 4.78 is 5.75. The minimum atomic E-state index is -1.18. The van der Waals surface area contributed by atoms with E-state index in [-0.39, 0.29) is 45.6 Å². The van der Waals surface area contributed by atoms with Crippen LogP contribution in [0.2, 0.25) is 0 Å². The van der Waals surface area contributed by atoms with E-state index >= 15 is 0 Å². The maximum atomic E-state index is 13.2. The van der Waals surface area contributed by atoms with Crippen LogP contribution in [-0.4, -0.2) is 44.1 Å². The first-order valence-electron chi connectivity index (χ1n) is 9.91. The Bertz CT molecular complexity index is 1140. The van der Waals surface area contributed by atoms with Gasteiger partial charge in [-0.3, -0.25) is 19.3 Å². The molecule has 2 aliphatic heterocycles. The number of rotatable bonds is 3. The minimum Gasteiger partial charge on any atom is -0.480 e. The predicted octanol–water partition coefficient (Wildman–Crippen LogP) is 1.98. The number of carbonyl (C=O) groups excluding carboxylic acids is 2. The smallest absolute Gasteiger partial charge is 0.326 e. The van der Waals surface area contributed by atoms with Crippen molar-refractivity contribution in [1.29, 1.82) is 0 Å². The summed E-state index contributed by atoms with van der Waals surface area (Å²) in [7, 11) is 0. The Morgan fingerprint density at radius 1 is 1.27 bits per heavy atom. The van der Waals surface area contributed by atoms with E-state index in [0.29, 0.717) is 0 Å². The van der Waals surface area contributed by atoms with Crippen LogP contribution >= 0.6 is 23.1 Å². The molecule has 2 N–H and O–H groups in total. The number of imide groups is 1. The van der Waals surface area contributed by atoms with Gasteiger partial charge in [0.15, 0.2) is 0 Å². The molecule has 3 fully saturated rings. The molecule has 8 nitrogen and oxygen atoms in total. The molecule has 2 amide bonds. The summed E-state index contributed by atoms with van der Waals surface area (Å²) in [6.07, 6.45) is 2.37. The molecule has 2 bridgehead atoms. The number of carbonyl (C=O) groups is 3. The molecule has 30 heavy (non-hydrogen) atoms. The topological polar surface area (TPSA) is 121 Å². The number of amides is 2. The van der Waals surface area contributed by atoms with Crippen molar-refractivity contribution < 1.29 is 23.9 Å². The number of aromatic amines is 1. The summed E-state index contributed by atoms with van der Waals surface area (Å²) in [6.45, 7) is 1.39. The van der Waals surface area contributed by atoms with Gasteiger partial charge in [0, 0.05) is 5.25 Å². The minimum absolute atomic E-state index is 0.0218. The predicted molar refractivity (Wildman–Crippen MR) is 106 cm³/mol. The molecule has 1 saturated heterocycles. The zero-order chi connectivity index (χ0) is 20.9. The number of carboxylic acids is 1. The lowest BCUT2D eigenvalue weighted by molar-refractivity contribution is -0.154. The van der Waals surface area contributed by atoms with Crippen molar-refractivity contribution in [2.24, 2.45) is 29.6 Å². The number of thioether (sulfide) groups is 1. The van der Waals surface area contributed by atoms with Crippen molar-refractivity contribution in [2.45, 2.75) is 35.6 Å². The second-order valence-electron chi connectivity index (χ2n) is 8.54. The quantitative estimate of drug-likeness (QED) is 0.692. The van der Waals surface area contributed by atoms with E-state index in [4.69, 9.17) is 4.42 Å². The average Bonchev–Trinajstić information content (AvgIpc) is 3.48. The van der Waals surface area contributed by atoms with Gasteiger partial charge in [-0.1, -0.05) is 11.3 Å². The van der Waals surface area contributed by atoms with Gasteiger partial charge in [-0.05, 0) is 43.2 Å². The Balaban J connectivity index is 1.45. The van der Waals surface area contributed by atoms with Crippen LogP contribution in [0.25, 0.3) is 0 Å². The number of fused-ring (bicyclic) bond motifs is 9. The van der Waals surface area contributed by atoms with Crippen molar-refractivity contribution in [3.8, 4) is 0 Å². The van der Waals surface area contributed by atoms with Gasteiger partial charge in [0.25, 0.3) is 0 Å². The summed E-state index contributed by atoms with van der Waals surface area (Å²) in [4.78, 5) is 54.6. The Kier molecular flexibility index (Phi) is 3.75. The third-order valence-corrected chi connectivity index (χ3v) is 9.94. The van der Waals surface area contributed by atoms with E-state index in [1.807, 2.05) is 12.1 Å². The van der Waals surface area contributed by atoms with Crippen molar-refractivity contribution >= 4 is 40.9 Å². The molecular formula is C20H18N2O6S2. The maximum Gasteiger partial charge on any atom is 0.326 e. The molecular weight excluding hydrogens is 428 g/mol. The van der Waals surface area contributed by atoms with E-state index in [1.165, 1.54) is 18.3 Å². The third-order valence-electron chi connectivity index (χ3n) is 7.35. The number of carboxylic acid groups (broad SMARTS) is 1. The van der Waals surface area contributed by atoms with Crippen LogP contribution in [0.3, 0.4) is 0 Å². The van der Waals surface area contributed by atoms with Gasteiger partial charge in [0.05, 0.1) is 33.9 Å². The molecule has 156 valence electrons. The van der Waals surface area contributed by atoms with E-state index < -0.39 is 23.8 Å². The third kappa shape index (κ3) is 2.18. The fourth-order valence-corrected chi connectivity index (χ4v) is 9.19. The molecule has 0 spiro atoms. The molecule has 10 heteroatoms. The van der Waals surface area contributed by atoms with Crippen molar-refractivity contribution in [1.82, 2.24) is 9.88 Å². The standard InChI is InChI=1S/C20H18N2O6S2/c1-6(19(25)26)22-17(23)11-7-5-8(12(11)18(22)24)14-10(7)13(9-3-2-4-28-9)15-16(29-14)21-20(27)30-15/h2-4,6-8,10-14H,5H2,1H3,(H,21,27)(H,25,26)/t6-,7-,8+,10+,11-,12+,13-,14-/m1/s1. The SMILES string of the molecule is C[C@H](C(=O)O)N1C(=O)[C@@H]2[C@@H]3C[C@H]([C@H]4Sc5[nH]c(=O)sc5[C@H](c5ccco5)[C@H]34)[C@@H]2C1=O. The molecule has 0 aromatic carbocycles. The molecule has 2 aliphatic carbocycles. The van der Waals surface area contributed by atoms with E-state index in [1.54, 1.807) is 18.0 Å². The number of nitrogens with one attached hydrogen (secondary N) is 1. The number of thiazole rings is 1. The van der Waals surface area contributed by atoms with Crippen molar-refractivity contribution in [2.75, 3.05) is 0 Å². The number of hydrogen-bond acceptors (Lipinski definition) is 7. The number of aliphatic carboxylic acids is 1.